The minimum absolute atomic E-state index is 0.0966. The first-order chi connectivity index (χ1) is 13.2. The average molecular weight is 370 g/mol. The fraction of sp³-hybridized carbons (Fsp3) is 0.400. The second-order valence-electron chi connectivity index (χ2n) is 6.39. The Bertz CT molecular complexity index is 713. The Morgan fingerprint density at radius 2 is 1.96 bits per heavy atom. The Balaban J connectivity index is 1.41. The van der Waals surface area contributed by atoms with Gasteiger partial charge in [0.15, 0.2) is 0 Å². The second kappa shape index (κ2) is 9.89. The van der Waals surface area contributed by atoms with Gasteiger partial charge in [-0.1, -0.05) is 12.1 Å². The number of nitrogens with zero attached hydrogens (tertiary/aromatic N) is 2. The Morgan fingerprint density at radius 1 is 1.19 bits per heavy atom. The van der Waals surface area contributed by atoms with Crippen LogP contribution in [0.3, 0.4) is 0 Å². The molecule has 1 aliphatic rings. The Labute approximate surface area is 159 Å². The van der Waals surface area contributed by atoms with Gasteiger partial charge in [0, 0.05) is 26.2 Å². The summed E-state index contributed by atoms with van der Waals surface area (Å²) in [6.07, 6.45) is 2.04. The first-order valence-corrected chi connectivity index (χ1v) is 9.16. The van der Waals surface area contributed by atoms with E-state index >= 15 is 0 Å². The standard InChI is InChI=1S/C20H26N4O3/c1-26-18-5-2-16(3-6-18)14-20(25)23-19-7-4-17(15-22-19)21-8-9-24-10-12-27-13-11-24/h2-7,15,21H,8-14H2,1H3,(H,22,23,25). The fourth-order valence-electron chi connectivity index (χ4n) is 2.87. The molecule has 0 spiro atoms. The number of rotatable bonds is 8. The Kier molecular flexibility index (Phi) is 7.01. The molecule has 0 atom stereocenters. The molecule has 0 aliphatic carbocycles. The topological polar surface area (TPSA) is 75.7 Å². The summed E-state index contributed by atoms with van der Waals surface area (Å²) < 4.78 is 10.5. The first-order valence-electron chi connectivity index (χ1n) is 9.16. The van der Waals surface area contributed by atoms with E-state index in [1.54, 1.807) is 13.3 Å². The van der Waals surface area contributed by atoms with Crippen LogP contribution in [-0.4, -0.2) is 62.3 Å². The number of aromatic nitrogens is 1. The van der Waals surface area contributed by atoms with Crippen LogP contribution >= 0.6 is 0 Å². The van der Waals surface area contributed by atoms with Crippen molar-refractivity contribution in [2.75, 3.05) is 57.1 Å². The van der Waals surface area contributed by atoms with Crippen molar-refractivity contribution in [1.82, 2.24) is 9.88 Å². The number of ether oxygens (including phenoxy) is 2. The van der Waals surface area contributed by atoms with Gasteiger partial charge in [-0.2, -0.15) is 0 Å². The van der Waals surface area contributed by atoms with Gasteiger partial charge in [0.1, 0.15) is 11.6 Å². The molecule has 1 fully saturated rings. The monoisotopic (exact) mass is 370 g/mol. The zero-order valence-electron chi connectivity index (χ0n) is 15.6. The lowest BCUT2D eigenvalue weighted by atomic mass is 10.1. The lowest BCUT2D eigenvalue weighted by molar-refractivity contribution is -0.115. The lowest BCUT2D eigenvalue weighted by Gasteiger charge is -2.26. The number of carbonyl (C=O) groups excluding carboxylic acids is 1. The maximum atomic E-state index is 12.2. The smallest absolute Gasteiger partial charge is 0.229 e. The minimum atomic E-state index is -0.0966. The summed E-state index contributed by atoms with van der Waals surface area (Å²) in [5.74, 6) is 1.23. The summed E-state index contributed by atoms with van der Waals surface area (Å²) >= 11 is 0. The highest BCUT2D eigenvalue weighted by Crippen LogP contribution is 2.13. The quantitative estimate of drug-likeness (QED) is 0.740. The summed E-state index contributed by atoms with van der Waals surface area (Å²) in [4.78, 5) is 18.8. The number of amides is 1. The Morgan fingerprint density at radius 3 is 2.63 bits per heavy atom. The van der Waals surface area contributed by atoms with E-state index in [2.05, 4.69) is 20.5 Å². The zero-order chi connectivity index (χ0) is 18.9. The van der Waals surface area contributed by atoms with E-state index in [9.17, 15) is 4.79 Å². The van der Waals surface area contributed by atoms with E-state index in [1.807, 2.05) is 36.4 Å². The SMILES string of the molecule is COc1ccc(CC(=O)Nc2ccc(NCCN3CCOCC3)cn2)cc1. The van der Waals surface area contributed by atoms with E-state index in [4.69, 9.17) is 9.47 Å². The van der Waals surface area contributed by atoms with E-state index in [1.165, 1.54) is 0 Å². The molecule has 1 aliphatic heterocycles. The van der Waals surface area contributed by atoms with Gasteiger partial charge < -0.3 is 20.1 Å². The van der Waals surface area contributed by atoms with Gasteiger partial charge in [-0.05, 0) is 29.8 Å². The molecule has 7 nitrogen and oxygen atoms in total. The predicted octanol–water partition coefficient (Wildman–Crippen LogP) is 2.02. The van der Waals surface area contributed by atoms with E-state index in [-0.39, 0.29) is 5.91 Å². The second-order valence-corrected chi connectivity index (χ2v) is 6.39. The van der Waals surface area contributed by atoms with Crippen molar-refractivity contribution in [2.45, 2.75) is 6.42 Å². The van der Waals surface area contributed by atoms with Crippen LogP contribution in [0.1, 0.15) is 5.56 Å². The van der Waals surface area contributed by atoms with Crippen molar-refractivity contribution in [3.05, 3.63) is 48.2 Å². The van der Waals surface area contributed by atoms with Crippen molar-refractivity contribution >= 4 is 17.4 Å². The van der Waals surface area contributed by atoms with Crippen molar-refractivity contribution < 1.29 is 14.3 Å². The van der Waals surface area contributed by atoms with Crippen LogP contribution in [0.2, 0.25) is 0 Å². The molecule has 1 saturated heterocycles. The molecule has 2 aromatic rings. The Hall–Kier alpha value is -2.64. The molecule has 1 amide bonds. The van der Waals surface area contributed by atoms with Crippen LogP contribution in [0.4, 0.5) is 11.5 Å². The number of benzene rings is 1. The van der Waals surface area contributed by atoms with E-state index in [0.29, 0.717) is 12.2 Å². The summed E-state index contributed by atoms with van der Waals surface area (Å²) in [7, 11) is 1.62. The van der Waals surface area contributed by atoms with Gasteiger partial charge in [-0.15, -0.1) is 0 Å². The van der Waals surface area contributed by atoms with Crippen LogP contribution in [0.15, 0.2) is 42.6 Å². The minimum Gasteiger partial charge on any atom is -0.497 e. The van der Waals surface area contributed by atoms with Gasteiger partial charge >= 0.3 is 0 Å². The zero-order valence-corrected chi connectivity index (χ0v) is 15.6. The van der Waals surface area contributed by atoms with Gasteiger partial charge in [0.25, 0.3) is 0 Å². The van der Waals surface area contributed by atoms with Gasteiger partial charge in [-0.25, -0.2) is 4.98 Å². The number of methoxy groups -OCH3 is 1. The molecule has 7 heteroatoms. The van der Waals surface area contributed by atoms with Crippen molar-refractivity contribution in [1.29, 1.82) is 0 Å². The molecule has 0 radical (unpaired) electrons. The molecule has 0 saturated carbocycles. The highest BCUT2D eigenvalue weighted by atomic mass is 16.5. The summed E-state index contributed by atoms with van der Waals surface area (Å²) in [5, 5.41) is 6.18. The van der Waals surface area contributed by atoms with Crippen LogP contribution in [0, 0.1) is 0 Å². The van der Waals surface area contributed by atoms with Crippen LogP contribution < -0.4 is 15.4 Å². The summed E-state index contributed by atoms with van der Waals surface area (Å²) in [6.45, 7) is 5.42. The molecular weight excluding hydrogens is 344 g/mol. The molecule has 2 N–H and O–H groups in total. The van der Waals surface area contributed by atoms with Gasteiger partial charge in [0.05, 0.1) is 38.6 Å². The highest BCUT2D eigenvalue weighted by molar-refractivity contribution is 5.91. The average Bonchev–Trinajstić information content (AvgIpc) is 2.71. The molecule has 0 bridgehead atoms. The van der Waals surface area contributed by atoms with Crippen LogP contribution in [0.25, 0.3) is 0 Å². The van der Waals surface area contributed by atoms with Crippen LogP contribution in [-0.2, 0) is 16.0 Å². The number of anilines is 2. The molecule has 1 aromatic heterocycles. The first kappa shape index (κ1) is 19.1. The third-order valence-corrected chi connectivity index (χ3v) is 4.42. The molecule has 0 unspecified atom stereocenters. The molecule has 2 heterocycles. The molecular formula is C20H26N4O3. The number of pyridine rings is 1. The largest absolute Gasteiger partial charge is 0.497 e. The normalized spacial score (nSPS) is 14.6. The number of carbonyl (C=O) groups is 1. The number of hydrogen-bond acceptors (Lipinski definition) is 6. The maximum absolute atomic E-state index is 12.2. The van der Waals surface area contributed by atoms with Crippen LogP contribution in [0.5, 0.6) is 5.75 Å². The lowest BCUT2D eigenvalue weighted by Crippen LogP contribution is -2.39. The maximum Gasteiger partial charge on any atom is 0.229 e. The summed E-state index contributed by atoms with van der Waals surface area (Å²) in [5.41, 5.74) is 1.87. The number of nitrogens with one attached hydrogen (secondary N) is 2. The van der Waals surface area contributed by atoms with E-state index < -0.39 is 0 Å². The molecule has 27 heavy (non-hydrogen) atoms. The van der Waals surface area contributed by atoms with E-state index in [0.717, 1.165) is 56.4 Å². The number of hydrogen-bond donors (Lipinski definition) is 2. The molecule has 144 valence electrons. The highest BCUT2D eigenvalue weighted by Gasteiger charge is 2.09. The molecule has 1 aromatic carbocycles. The van der Waals surface area contributed by atoms with Crippen molar-refractivity contribution in [2.24, 2.45) is 0 Å². The number of morpholine rings is 1. The summed E-state index contributed by atoms with van der Waals surface area (Å²) in [6, 6.07) is 11.2. The van der Waals surface area contributed by atoms with Gasteiger partial charge in [-0.3, -0.25) is 9.69 Å². The third kappa shape index (κ3) is 6.23. The van der Waals surface area contributed by atoms with Crippen molar-refractivity contribution in [3.63, 3.8) is 0 Å². The fourth-order valence-corrected chi connectivity index (χ4v) is 2.87. The van der Waals surface area contributed by atoms with Crippen molar-refractivity contribution in [3.8, 4) is 5.75 Å². The third-order valence-electron chi connectivity index (χ3n) is 4.42. The predicted molar refractivity (Wildman–Crippen MR) is 105 cm³/mol. The molecule has 3 rings (SSSR count). The van der Waals surface area contributed by atoms with Gasteiger partial charge in [0.2, 0.25) is 5.91 Å².